The summed E-state index contributed by atoms with van der Waals surface area (Å²) in [4.78, 5) is 4.83. The van der Waals surface area contributed by atoms with Crippen molar-refractivity contribution >= 4 is 5.69 Å². The van der Waals surface area contributed by atoms with Crippen molar-refractivity contribution in [1.82, 2.24) is 10.2 Å². The number of hydrogen-bond acceptors (Lipinski definition) is 3. The summed E-state index contributed by atoms with van der Waals surface area (Å²) in [7, 11) is 4.30. The van der Waals surface area contributed by atoms with Crippen molar-refractivity contribution in [2.24, 2.45) is 0 Å². The minimum Gasteiger partial charge on any atom is -0.366 e. The van der Waals surface area contributed by atoms with E-state index in [1.807, 2.05) is 0 Å². The Kier molecular flexibility index (Phi) is 4.61. The highest BCUT2D eigenvalue weighted by atomic mass is 15.2. The minimum atomic E-state index is 0.548. The van der Waals surface area contributed by atoms with Crippen LogP contribution in [0.5, 0.6) is 0 Å². The molecule has 2 atom stereocenters. The molecule has 0 spiro atoms. The van der Waals surface area contributed by atoms with E-state index < -0.39 is 0 Å². The maximum Gasteiger partial charge on any atom is 0.0541 e. The molecule has 1 aromatic carbocycles. The molecule has 0 radical (unpaired) electrons. The molecule has 1 fully saturated rings. The van der Waals surface area contributed by atoms with Gasteiger partial charge in [-0.25, -0.2) is 0 Å². The van der Waals surface area contributed by atoms with Gasteiger partial charge in [0.15, 0.2) is 0 Å². The molecule has 0 bridgehead atoms. The molecule has 1 aliphatic heterocycles. The predicted octanol–water partition coefficient (Wildman–Crippen LogP) is 1.81. The largest absolute Gasteiger partial charge is 0.366 e. The van der Waals surface area contributed by atoms with Gasteiger partial charge in [-0.15, -0.1) is 0 Å². The first-order valence-corrected chi connectivity index (χ1v) is 6.86. The first-order valence-electron chi connectivity index (χ1n) is 6.86. The zero-order chi connectivity index (χ0) is 13.0. The molecule has 1 aromatic rings. The molecule has 0 saturated carbocycles. The van der Waals surface area contributed by atoms with Gasteiger partial charge in [0.1, 0.15) is 0 Å². The van der Waals surface area contributed by atoms with Crippen molar-refractivity contribution in [2.75, 3.05) is 38.6 Å². The lowest BCUT2D eigenvalue weighted by atomic mass is 10.2. The molecular formula is C15H25N3. The molecule has 1 N–H and O–H groups in total. The van der Waals surface area contributed by atoms with Gasteiger partial charge in [0.2, 0.25) is 0 Å². The van der Waals surface area contributed by atoms with Gasteiger partial charge in [0, 0.05) is 31.4 Å². The average molecular weight is 247 g/mol. The fraction of sp³-hybridized carbons (Fsp3) is 0.600. The molecular weight excluding hydrogens is 222 g/mol. The fourth-order valence-electron chi connectivity index (χ4n) is 2.61. The van der Waals surface area contributed by atoms with Crippen molar-refractivity contribution in [3.8, 4) is 0 Å². The zero-order valence-corrected chi connectivity index (χ0v) is 11.8. The third-order valence-corrected chi connectivity index (χ3v) is 3.61. The van der Waals surface area contributed by atoms with Crippen LogP contribution < -0.4 is 10.2 Å². The minimum absolute atomic E-state index is 0.548. The fourth-order valence-corrected chi connectivity index (χ4v) is 2.61. The predicted molar refractivity (Wildman–Crippen MR) is 78.2 cm³/mol. The Morgan fingerprint density at radius 2 is 2.00 bits per heavy atom. The normalized spacial score (nSPS) is 25.2. The number of hydrogen-bond donors (Lipinski definition) is 1. The van der Waals surface area contributed by atoms with Gasteiger partial charge in [-0.05, 0) is 39.6 Å². The van der Waals surface area contributed by atoms with E-state index in [4.69, 9.17) is 0 Å². The van der Waals surface area contributed by atoms with Gasteiger partial charge >= 0.3 is 0 Å². The van der Waals surface area contributed by atoms with E-state index in [0.29, 0.717) is 12.1 Å². The monoisotopic (exact) mass is 247 g/mol. The van der Waals surface area contributed by atoms with Crippen LogP contribution in [0, 0.1) is 0 Å². The number of rotatable bonds is 3. The Morgan fingerprint density at radius 1 is 1.28 bits per heavy atom. The van der Waals surface area contributed by atoms with E-state index in [2.05, 4.69) is 66.5 Å². The lowest BCUT2D eigenvalue weighted by molar-refractivity contribution is 0.359. The lowest BCUT2D eigenvalue weighted by Crippen LogP contribution is -2.46. The van der Waals surface area contributed by atoms with E-state index >= 15 is 0 Å². The van der Waals surface area contributed by atoms with Crippen LogP contribution in [0.4, 0.5) is 5.69 Å². The number of nitrogens with zero attached hydrogens (tertiary/aromatic N) is 2. The molecule has 1 saturated heterocycles. The highest BCUT2D eigenvalue weighted by Gasteiger charge is 2.23. The summed E-state index contributed by atoms with van der Waals surface area (Å²) >= 11 is 0. The topological polar surface area (TPSA) is 18.5 Å². The smallest absolute Gasteiger partial charge is 0.0541 e. The number of para-hydroxylation sites is 1. The third-order valence-electron chi connectivity index (χ3n) is 3.61. The standard InChI is InChI=1S/C15H25N3/c1-13-9-10-18(14-7-5-4-6-8-14)15(11-16-13)12-17(2)3/h4-8,13,15-16H,9-12H2,1-3H3. The summed E-state index contributed by atoms with van der Waals surface area (Å²) in [5.41, 5.74) is 1.35. The average Bonchev–Trinajstić information content (AvgIpc) is 2.53. The first-order chi connectivity index (χ1) is 8.66. The summed E-state index contributed by atoms with van der Waals surface area (Å²) in [5.74, 6) is 0. The number of anilines is 1. The van der Waals surface area contributed by atoms with Crippen molar-refractivity contribution in [3.05, 3.63) is 30.3 Å². The molecule has 1 aliphatic rings. The van der Waals surface area contributed by atoms with Crippen LogP contribution in [-0.2, 0) is 0 Å². The van der Waals surface area contributed by atoms with E-state index in [1.165, 1.54) is 12.1 Å². The number of likely N-dealkylation sites (N-methyl/N-ethyl adjacent to an activating group) is 1. The van der Waals surface area contributed by atoms with Crippen LogP contribution in [0.25, 0.3) is 0 Å². The van der Waals surface area contributed by atoms with Crippen LogP contribution in [0.2, 0.25) is 0 Å². The van der Waals surface area contributed by atoms with Gasteiger partial charge in [0.05, 0.1) is 6.04 Å². The van der Waals surface area contributed by atoms with E-state index in [1.54, 1.807) is 0 Å². The van der Waals surface area contributed by atoms with Crippen molar-refractivity contribution in [1.29, 1.82) is 0 Å². The van der Waals surface area contributed by atoms with Gasteiger partial charge in [-0.1, -0.05) is 18.2 Å². The maximum absolute atomic E-state index is 3.63. The summed E-state index contributed by atoms with van der Waals surface area (Å²) in [6.07, 6.45) is 1.21. The van der Waals surface area contributed by atoms with Crippen LogP contribution in [-0.4, -0.2) is 50.7 Å². The quantitative estimate of drug-likeness (QED) is 0.879. The summed E-state index contributed by atoms with van der Waals surface area (Å²) in [6.45, 7) is 5.57. The van der Waals surface area contributed by atoms with Crippen LogP contribution in [0.1, 0.15) is 13.3 Å². The van der Waals surface area contributed by atoms with Crippen molar-refractivity contribution < 1.29 is 0 Å². The maximum atomic E-state index is 3.63. The molecule has 3 nitrogen and oxygen atoms in total. The van der Waals surface area contributed by atoms with Crippen LogP contribution >= 0.6 is 0 Å². The molecule has 18 heavy (non-hydrogen) atoms. The van der Waals surface area contributed by atoms with Crippen LogP contribution in [0.3, 0.4) is 0 Å². The summed E-state index contributed by atoms with van der Waals surface area (Å²) < 4.78 is 0. The second kappa shape index (κ2) is 6.21. The molecule has 2 rings (SSSR count). The summed E-state index contributed by atoms with van der Waals surface area (Å²) in [6, 6.07) is 11.9. The van der Waals surface area contributed by atoms with Crippen molar-refractivity contribution in [3.63, 3.8) is 0 Å². The highest BCUT2D eigenvalue weighted by Crippen LogP contribution is 2.19. The van der Waals surface area contributed by atoms with Gasteiger partial charge in [-0.2, -0.15) is 0 Å². The third kappa shape index (κ3) is 3.47. The SMILES string of the molecule is CC1CCN(c2ccccc2)C(CN(C)C)CN1. The molecule has 1 heterocycles. The second-order valence-corrected chi connectivity index (χ2v) is 5.54. The zero-order valence-electron chi connectivity index (χ0n) is 11.8. The van der Waals surface area contributed by atoms with E-state index in [9.17, 15) is 0 Å². The molecule has 100 valence electrons. The Bertz CT molecular complexity index is 350. The number of benzene rings is 1. The van der Waals surface area contributed by atoms with E-state index in [0.717, 1.165) is 19.6 Å². The van der Waals surface area contributed by atoms with E-state index in [-0.39, 0.29) is 0 Å². The lowest BCUT2D eigenvalue weighted by Gasteiger charge is -2.33. The number of nitrogens with one attached hydrogen (secondary N) is 1. The molecule has 0 aliphatic carbocycles. The Balaban J connectivity index is 2.16. The summed E-state index contributed by atoms with van der Waals surface area (Å²) in [5, 5.41) is 3.63. The Labute approximate surface area is 111 Å². The second-order valence-electron chi connectivity index (χ2n) is 5.54. The van der Waals surface area contributed by atoms with Crippen molar-refractivity contribution in [2.45, 2.75) is 25.4 Å². The molecule has 0 amide bonds. The molecule has 2 unspecified atom stereocenters. The molecule has 0 aromatic heterocycles. The molecule has 3 heteroatoms. The van der Waals surface area contributed by atoms with Gasteiger partial charge < -0.3 is 15.1 Å². The van der Waals surface area contributed by atoms with Gasteiger partial charge in [0.25, 0.3) is 0 Å². The highest BCUT2D eigenvalue weighted by molar-refractivity contribution is 5.47. The van der Waals surface area contributed by atoms with Crippen LogP contribution in [0.15, 0.2) is 30.3 Å². The Morgan fingerprint density at radius 3 is 2.67 bits per heavy atom. The first kappa shape index (κ1) is 13.4. The van der Waals surface area contributed by atoms with Gasteiger partial charge in [-0.3, -0.25) is 0 Å². The Hall–Kier alpha value is -1.06.